The molecule has 4 aliphatic carbocycles. The normalized spacial score (nSPS) is 39.3. The lowest BCUT2D eigenvalue weighted by molar-refractivity contribution is -0.0500. The van der Waals surface area contributed by atoms with Crippen LogP contribution < -0.4 is 0 Å². The molecule has 0 aromatic rings. The highest BCUT2D eigenvalue weighted by Crippen LogP contribution is 2.64. The fraction of sp³-hybridized carbons (Fsp3) is 0.724. The number of fused-ring (bicyclic) bond motifs is 5. The van der Waals surface area contributed by atoms with Crippen molar-refractivity contribution in [3.05, 3.63) is 47.1 Å². The van der Waals surface area contributed by atoms with Gasteiger partial charge in [0.25, 0.3) is 0 Å². The van der Waals surface area contributed by atoms with E-state index >= 15 is 0 Å². The minimum atomic E-state index is -0.732. The Hall–Kier alpha value is -1.20. The molecule has 4 aliphatic rings. The van der Waals surface area contributed by atoms with Gasteiger partial charge in [0.1, 0.15) is 0 Å². The number of aliphatic hydroxyl groups excluding tert-OH is 2. The molecule has 0 bridgehead atoms. The smallest absolute Gasteiger partial charge is 0.0823 e. The molecule has 0 aromatic heterocycles. The average molecular weight is 457 g/mol. The van der Waals surface area contributed by atoms with E-state index in [1.807, 2.05) is 26.0 Å². The molecule has 0 amide bonds. The van der Waals surface area contributed by atoms with E-state index in [0.717, 1.165) is 19.3 Å². The van der Waals surface area contributed by atoms with Crippen molar-refractivity contribution in [3.63, 3.8) is 0 Å². The van der Waals surface area contributed by atoms with Crippen molar-refractivity contribution in [3.8, 4) is 0 Å². The summed E-state index contributed by atoms with van der Waals surface area (Å²) in [4.78, 5) is 0. The number of hydrogen-bond donors (Lipinski definition) is 3. The first-order chi connectivity index (χ1) is 15.6. The van der Waals surface area contributed by atoms with Gasteiger partial charge in [0.05, 0.1) is 30.5 Å². The van der Waals surface area contributed by atoms with Gasteiger partial charge in [0.15, 0.2) is 0 Å². The molecular weight excluding hydrogens is 412 g/mol. The van der Waals surface area contributed by atoms with Crippen LogP contribution in [0, 0.1) is 22.7 Å². The molecule has 0 aromatic carbocycles. The van der Waals surface area contributed by atoms with Crippen LogP contribution in [-0.2, 0) is 4.74 Å². The third kappa shape index (κ3) is 4.11. The number of ether oxygens (including phenoxy) is 1. The first-order valence-electron chi connectivity index (χ1n) is 13.1. The Balaban J connectivity index is 1.48. The van der Waals surface area contributed by atoms with Gasteiger partial charge < -0.3 is 20.1 Å². The van der Waals surface area contributed by atoms with Crippen LogP contribution in [0.25, 0.3) is 0 Å². The van der Waals surface area contributed by atoms with Crippen LogP contribution in [0.5, 0.6) is 0 Å². The molecule has 4 rings (SSSR count). The standard InChI is InChI=1S/C29H44O4/c1-6-29(32,7-2)14-8-16-33-19(3)23-11-12-24-22-10-9-20-17-21(30)18-26(31)28(20,5)25(22)13-15-27(23,24)4/h8-11,14,19,21,24-26,30-32H,6-7,12-13,15-18H2,1-5H3/b14-8+/t19-,21-,24+,25+,26?,27-,28+/m1/s1. The van der Waals surface area contributed by atoms with E-state index in [1.54, 1.807) is 0 Å². The fourth-order valence-corrected chi connectivity index (χ4v) is 7.34. The van der Waals surface area contributed by atoms with Gasteiger partial charge in [-0.2, -0.15) is 0 Å². The van der Waals surface area contributed by atoms with Crippen LogP contribution in [0.4, 0.5) is 0 Å². The number of aliphatic hydroxyl groups is 3. The molecule has 4 nitrogen and oxygen atoms in total. The van der Waals surface area contributed by atoms with Crippen LogP contribution in [0.2, 0.25) is 0 Å². The van der Waals surface area contributed by atoms with Crippen LogP contribution in [0.3, 0.4) is 0 Å². The first-order valence-corrected chi connectivity index (χ1v) is 13.1. The molecule has 184 valence electrons. The molecule has 0 heterocycles. The Morgan fingerprint density at radius 1 is 1.18 bits per heavy atom. The van der Waals surface area contributed by atoms with Crippen molar-refractivity contribution in [2.45, 2.75) is 103 Å². The van der Waals surface area contributed by atoms with Gasteiger partial charge >= 0.3 is 0 Å². The third-order valence-corrected chi connectivity index (χ3v) is 9.83. The van der Waals surface area contributed by atoms with Gasteiger partial charge in [-0.1, -0.05) is 69.2 Å². The van der Waals surface area contributed by atoms with Gasteiger partial charge in [-0.3, -0.25) is 0 Å². The van der Waals surface area contributed by atoms with E-state index in [-0.39, 0.29) is 16.9 Å². The summed E-state index contributed by atoms with van der Waals surface area (Å²) in [7, 11) is 0. The van der Waals surface area contributed by atoms with E-state index in [0.29, 0.717) is 44.1 Å². The zero-order chi connectivity index (χ0) is 24.0. The minimum absolute atomic E-state index is 0.0406. The van der Waals surface area contributed by atoms with Crippen LogP contribution in [-0.4, -0.2) is 45.8 Å². The second kappa shape index (κ2) is 9.11. The molecule has 0 aliphatic heterocycles. The zero-order valence-electron chi connectivity index (χ0n) is 21.2. The molecule has 0 spiro atoms. The Morgan fingerprint density at radius 3 is 2.61 bits per heavy atom. The molecule has 0 radical (unpaired) electrons. The molecular formula is C29H44O4. The molecule has 33 heavy (non-hydrogen) atoms. The summed E-state index contributed by atoms with van der Waals surface area (Å²) in [6, 6.07) is 0. The third-order valence-electron chi connectivity index (χ3n) is 9.83. The molecule has 2 saturated carbocycles. The fourth-order valence-electron chi connectivity index (χ4n) is 7.34. The molecule has 1 unspecified atom stereocenters. The molecule has 7 atom stereocenters. The van der Waals surface area contributed by atoms with E-state index in [9.17, 15) is 15.3 Å². The maximum atomic E-state index is 11.0. The van der Waals surface area contributed by atoms with Gasteiger partial charge in [-0.05, 0) is 68.3 Å². The highest BCUT2D eigenvalue weighted by Gasteiger charge is 2.57. The number of hydrogen-bond acceptors (Lipinski definition) is 4. The second-order valence-corrected chi connectivity index (χ2v) is 11.4. The lowest BCUT2D eigenvalue weighted by atomic mass is 9.49. The predicted octanol–water partition coefficient (Wildman–Crippen LogP) is 5.25. The number of allylic oxidation sites excluding steroid dienone is 4. The summed E-state index contributed by atoms with van der Waals surface area (Å²) < 4.78 is 6.23. The molecule has 0 saturated heterocycles. The number of rotatable bonds is 7. The molecule has 4 heteroatoms. The minimum Gasteiger partial charge on any atom is -0.393 e. The van der Waals surface area contributed by atoms with Crippen molar-refractivity contribution in [1.29, 1.82) is 0 Å². The molecule has 2 fully saturated rings. The monoisotopic (exact) mass is 456 g/mol. The van der Waals surface area contributed by atoms with Crippen molar-refractivity contribution in [2.75, 3.05) is 6.61 Å². The maximum absolute atomic E-state index is 11.0. The lowest BCUT2D eigenvalue weighted by Crippen LogP contribution is -2.52. The van der Waals surface area contributed by atoms with E-state index in [4.69, 9.17) is 4.74 Å². The average Bonchev–Trinajstić information content (AvgIpc) is 3.15. The summed E-state index contributed by atoms with van der Waals surface area (Å²) in [6.07, 6.45) is 15.7. The summed E-state index contributed by atoms with van der Waals surface area (Å²) in [5.74, 6) is 0.803. The van der Waals surface area contributed by atoms with Gasteiger partial charge in [-0.25, -0.2) is 0 Å². The van der Waals surface area contributed by atoms with E-state index in [1.165, 1.54) is 16.7 Å². The topological polar surface area (TPSA) is 69.9 Å². The van der Waals surface area contributed by atoms with E-state index < -0.39 is 17.8 Å². The second-order valence-electron chi connectivity index (χ2n) is 11.4. The van der Waals surface area contributed by atoms with E-state index in [2.05, 4.69) is 39.0 Å². The van der Waals surface area contributed by atoms with Gasteiger partial charge in [0.2, 0.25) is 0 Å². The summed E-state index contributed by atoms with van der Waals surface area (Å²) in [5.41, 5.74) is 3.21. The first kappa shape index (κ1) is 24.9. The largest absolute Gasteiger partial charge is 0.393 e. The van der Waals surface area contributed by atoms with Crippen molar-refractivity contribution < 1.29 is 20.1 Å². The molecule has 3 N–H and O–H groups in total. The van der Waals surface area contributed by atoms with Crippen molar-refractivity contribution in [1.82, 2.24) is 0 Å². The summed E-state index contributed by atoms with van der Waals surface area (Å²) in [6.45, 7) is 11.3. The van der Waals surface area contributed by atoms with Gasteiger partial charge in [-0.15, -0.1) is 0 Å². The van der Waals surface area contributed by atoms with Crippen LogP contribution in [0.1, 0.15) is 79.6 Å². The quantitative estimate of drug-likeness (QED) is 0.458. The SMILES string of the molecule is CCC(O)(/C=C/CO[C@H](C)C1=CC[C@H]2C3=CC=C4C[C@@H](O)CC(O)[C@]4(C)[C@H]3CC[C@]12C)CC. The Morgan fingerprint density at radius 2 is 1.91 bits per heavy atom. The summed E-state index contributed by atoms with van der Waals surface area (Å²) >= 11 is 0. The zero-order valence-corrected chi connectivity index (χ0v) is 21.2. The Bertz CT molecular complexity index is 863. The highest BCUT2D eigenvalue weighted by molar-refractivity contribution is 5.43. The Kier molecular flexibility index (Phi) is 6.88. The van der Waals surface area contributed by atoms with Crippen LogP contribution in [0.15, 0.2) is 47.1 Å². The van der Waals surface area contributed by atoms with Crippen LogP contribution >= 0.6 is 0 Å². The summed E-state index contributed by atoms with van der Waals surface area (Å²) in [5, 5.41) is 31.7. The Labute approximate surface area is 200 Å². The predicted molar refractivity (Wildman–Crippen MR) is 133 cm³/mol. The maximum Gasteiger partial charge on any atom is 0.0823 e. The highest BCUT2D eigenvalue weighted by atomic mass is 16.5. The van der Waals surface area contributed by atoms with Gasteiger partial charge in [0, 0.05) is 11.8 Å². The van der Waals surface area contributed by atoms with Crippen molar-refractivity contribution in [2.24, 2.45) is 22.7 Å². The lowest BCUT2D eigenvalue weighted by Gasteiger charge is -2.56. The van der Waals surface area contributed by atoms with Crippen molar-refractivity contribution >= 4 is 0 Å².